The molecule has 0 saturated carbocycles. The van der Waals surface area contributed by atoms with E-state index in [0.717, 1.165) is 37.1 Å². The molecule has 0 bridgehead atoms. The van der Waals surface area contributed by atoms with Crippen LogP contribution in [0.5, 0.6) is 0 Å². The first kappa shape index (κ1) is 19.3. The Morgan fingerprint density at radius 2 is 1.72 bits per heavy atom. The average Bonchev–Trinajstić information content (AvgIpc) is 3.40. The van der Waals surface area contributed by atoms with E-state index in [0.29, 0.717) is 5.82 Å². The molecule has 4 rings (SSSR count). The van der Waals surface area contributed by atoms with Gasteiger partial charge < -0.3 is 9.88 Å². The molecule has 2 aromatic carbocycles. The first-order valence-corrected chi connectivity index (χ1v) is 9.95. The molecule has 1 N–H and O–H groups in total. The Kier molecular flexibility index (Phi) is 5.71. The zero-order chi connectivity index (χ0) is 20.2. The van der Waals surface area contributed by atoms with Crippen LogP contribution in [0.2, 0.25) is 0 Å². The largest absolute Gasteiger partial charge is 0.340 e. The van der Waals surface area contributed by atoms with Crippen LogP contribution < -0.4 is 5.32 Å². The maximum absolute atomic E-state index is 13.5. The van der Waals surface area contributed by atoms with Crippen molar-refractivity contribution in [3.63, 3.8) is 0 Å². The Hall–Kier alpha value is -2.99. The predicted octanol–water partition coefficient (Wildman–Crippen LogP) is 3.60. The SMILES string of the molecule is Cn1ccnc1[C@H](NC(=O)[C@@H](c1ccccc1)N1CCCC1)c1ccc(F)cc1. The maximum atomic E-state index is 13.5. The van der Waals surface area contributed by atoms with Gasteiger partial charge in [-0.2, -0.15) is 0 Å². The van der Waals surface area contributed by atoms with Gasteiger partial charge in [-0.1, -0.05) is 42.5 Å². The van der Waals surface area contributed by atoms with Crippen LogP contribution in [0.3, 0.4) is 0 Å². The number of rotatable bonds is 6. The molecule has 6 heteroatoms. The van der Waals surface area contributed by atoms with Gasteiger partial charge >= 0.3 is 0 Å². The lowest BCUT2D eigenvalue weighted by Crippen LogP contribution is -2.41. The second-order valence-electron chi connectivity index (χ2n) is 7.45. The Morgan fingerprint density at radius 1 is 1.03 bits per heavy atom. The predicted molar refractivity (Wildman–Crippen MR) is 110 cm³/mol. The van der Waals surface area contributed by atoms with Crippen LogP contribution in [0.4, 0.5) is 4.39 Å². The number of hydrogen-bond acceptors (Lipinski definition) is 3. The highest BCUT2D eigenvalue weighted by Crippen LogP contribution is 2.28. The summed E-state index contributed by atoms with van der Waals surface area (Å²) in [6, 6.07) is 15.3. The van der Waals surface area contributed by atoms with Crippen molar-refractivity contribution in [2.75, 3.05) is 13.1 Å². The summed E-state index contributed by atoms with van der Waals surface area (Å²) in [6.07, 6.45) is 5.73. The Morgan fingerprint density at radius 3 is 2.34 bits per heavy atom. The van der Waals surface area contributed by atoms with E-state index in [4.69, 9.17) is 0 Å². The fraction of sp³-hybridized carbons (Fsp3) is 0.304. The van der Waals surface area contributed by atoms with Crippen LogP contribution in [-0.4, -0.2) is 33.4 Å². The van der Waals surface area contributed by atoms with Crippen molar-refractivity contribution in [3.05, 3.63) is 89.8 Å². The van der Waals surface area contributed by atoms with Crippen LogP contribution >= 0.6 is 0 Å². The molecule has 1 saturated heterocycles. The minimum atomic E-state index is -0.461. The number of likely N-dealkylation sites (tertiary alicyclic amines) is 1. The average molecular weight is 392 g/mol. The van der Waals surface area contributed by atoms with Gasteiger partial charge in [-0.25, -0.2) is 9.37 Å². The molecular weight excluding hydrogens is 367 g/mol. The van der Waals surface area contributed by atoms with Gasteiger partial charge in [0, 0.05) is 19.4 Å². The quantitative estimate of drug-likeness (QED) is 0.697. The summed E-state index contributed by atoms with van der Waals surface area (Å²) in [5, 5.41) is 3.19. The molecule has 3 aromatic rings. The number of nitrogens with one attached hydrogen (secondary N) is 1. The summed E-state index contributed by atoms with van der Waals surface area (Å²) in [6.45, 7) is 1.80. The van der Waals surface area contributed by atoms with Gasteiger partial charge in [0.1, 0.15) is 23.7 Å². The van der Waals surface area contributed by atoms with Crippen molar-refractivity contribution in [2.45, 2.75) is 24.9 Å². The number of halogens is 1. The molecule has 1 aliphatic heterocycles. The Bertz CT molecular complexity index is 949. The summed E-state index contributed by atoms with van der Waals surface area (Å²) >= 11 is 0. The third-order valence-electron chi connectivity index (χ3n) is 5.48. The number of benzene rings is 2. The summed E-state index contributed by atoms with van der Waals surface area (Å²) in [4.78, 5) is 20.2. The second kappa shape index (κ2) is 8.57. The third kappa shape index (κ3) is 4.22. The topological polar surface area (TPSA) is 50.2 Å². The van der Waals surface area contributed by atoms with Gasteiger partial charge in [0.05, 0.1) is 0 Å². The number of imidazole rings is 1. The van der Waals surface area contributed by atoms with Crippen molar-refractivity contribution < 1.29 is 9.18 Å². The van der Waals surface area contributed by atoms with E-state index in [9.17, 15) is 9.18 Å². The molecule has 5 nitrogen and oxygen atoms in total. The molecule has 0 radical (unpaired) electrons. The molecule has 1 aliphatic rings. The van der Waals surface area contributed by atoms with Crippen molar-refractivity contribution in [1.82, 2.24) is 19.8 Å². The van der Waals surface area contributed by atoms with Crippen molar-refractivity contribution >= 4 is 5.91 Å². The van der Waals surface area contributed by atoms with E-state index in [1.54, 1.807) is 18.3 Å². The van der Waals surface area contributed by atoms with Crippen LogP contribution in [0.25, 0.3) is 0 Å². The summed E-state index contributed by atoms with van der Waals surface area (Å²) in [7, 11) is 1.89. The molecule has 1 fully saturated rings. The van der Waals surface area contributed by atoms with Crippen LogP contribution in [0.15, 0.2) is 67.0 Å². The maximum Gasteiger partial charge on any atom is 0.242 e. The van der Waals surface area contributed by atoms with E-state index >= 15 is 0 Å². The van der Waals surface area contributed by atoms with Crippen molar-refractivity contribution in [3.8, 4) is 0 Å². The van der Waals surface area contributed by atoms with E-state index in [2.05, 4.69) is 15.2 Å². The van der Waals surface area contributed by atoms with Crippen LogP contribution in [-0.2, 0) is 11.8 Å². The molecule has 150 valence electrons. The second-order valence-corrected chi connectivity index (χ2v) is 7.45. The van der Waals surface area contributed by atoms with Gasteiger partial charge in [-0.05, 0) is 49.2 Å². The van der Waals surface area contributed by atoms with E-state index in [1.807, 2.05) is 48.1 Å². The number of carbonyl (C=O) groups is 1. The zero-order valence-corrected chi connectivity index (χ0v) is 16.5. The lowest BCUT2D eigenvalue weighted by atomic mass is 10.0. The normalized spacial score (nSPS) is 16.5. The number of aromatic nitrogens is 2. The van der Waals surface area contributed by atoms with E-state index in [1.165, 1.54) is 12.1 Å². The molecule has 1 amide bonds. The Balaban J connectivity index is 1.67. The smallest absolute Gasteiger partial charge is 0.242 e. The summed E-state index contributed by atoms with van der Waals surface area (Å²) in [5.41, 5.74) is 1.77. The number of carbonyl (C=O) groups excluding carboxylic acids is 1. The first-order chi connectivity index (χ1) is 14.1. The fourth-order valence-corrected chi connectivity index (χ4v) is 3.99. The number of amides is 1. The minimum Gasteiger partial charge on any atom is -0.340 e. The molecule has 1 aromatic heterocycles. The molecule has 0 spiro atoms. The van der Waals surface area contributed by atoms with Gasteiger partial charge in [0.2, 0.25) is 5.91 Å². The fourth-order valence-electron chi connectivity index (χ4n) is 3.99. The molecule has 29 heavy (non-hydrogen) atoms. The molecular formula is C23H25FN4O. The molecule has 0 aliphatic carbocycles. The van der Waals surface area contributed by atoms with Crippen molar-refractivity contribution in [2.24, 2.45) is 7.05 Å². The Labute approximate surface area is 170 Å². The highest BCUT2D eigenvalue weighted by molar-refractivity contribution is 5.84. The standard InChI is InChI=1S/C23H25FN4O/c1-27-16-13-25-22(27)20(17-9-11-19(24)12-10-17)26-23(29)21(28-14-5-6-15-28)18-7-3-2-4-8-18/h2-4,7-13,16,20-21H,5-6,14-15H2,1H3,(H,26,29)/t20-,21-/m1/s1. The van der Waals surface area contributed by atoms with E-state index < -0.39 is 6.04 Å². The van der Waals surface area contributed by atoms with Crippen molar-refractivity contribution in [1.29, 1.82) is 0 Å². The number of aryl methyl sites for hydroxylation is 1. The van der Waals surface area contributed by atoms with Crippen LogP contribution in [0.1, 0.15) is 41.9 Å². The lowest BCUT2D eigenvalue weighted by molar-refractivity contribution is -0.127. The molecule has 2 atom stereocenters. The van der Waals surface area contributed by atoms with Gasteiger partial charge in [0.25, 0.3) is 0 Å². The minimum absolute atomic E-state index is 0.0737. The highest BCUT2D eigenvalue weighted by Gasteiger charge is 2.32. The number of nitrogens with zero attached hydrogens (tertiary/aromatic N) is 3. The highest BCUT2D eigenvalue weighted by atomic mass is 19.1. The van der Waals surface area contributed by atoms with Gasteiger partial charge in [0.15, 0.2) is 0 Å². The summed E-state index contributed by atoms with van der Waals surface area (Å²) in [5.74, 6) is 0.325. The van der Waals surface area contributed by atoms with Gasteiger partial charge in [-0.3, -0.25) is 9.69 Å². The molecule has 2 heterocycles. The number of hydrogen-bond donors (Lipinski definition) is 1. The van der Waals surface area contributed by atoms with Crippen LogP contribution in [0, 0.1) is 5.82 Å². The van der Waals surface area contributed by atoms with E-state index in [-0.39, 0.29) is 17.8 Å². The molecule has 0 unspecified atom stereocenters. The first-order valence-electron chi connectivity index (χ1n) is 9.95. The lowest BCUT2D eigenvalue weighted by Gasteiger charge is -2.29. The monoisotopic (exact) mass is 392 g/mol. The zero-order valence-electron chi connectivity index (χ0n) is 16.5. The van der Waals surface area contributed by atoms with Gasteiger partial charge in [-0.15, -0.1) is 0 Å². The third-order valence-corrected chi connectivity index (χ3v) is 5.48. The summed E-state index contributed by atoms with van der Waals surface area (Å²) < 4.78 is 15.4.